The van der Waals surface area contributed by atoms with Crippen LogP contribution in [0, 0.1) is 46.3 Å². The Balaban J connectivity index is 1.42. The Hall–Kier alpha value is -0.340. The summed E-state index contributed by atoms with van der Waals surface area (Å²) in [6.45, 7) is 13.6. The Bertz CT molecular complexity index is 653. The van der Waals surface area contributed by atoms with E-state index in [0.717, 1.165) is 48.3 Å². The summed E-state index contributed by atoms with van der Waals surface area (Å²) < 4.78 is 6.13. The molecule has 4 rings (SSSR count). The van der Waals surface area contributed by atoms with E-state index < -0.39 is 0 Å². The molecule has 0 saturated heterocycles. The standard InChI is InChI=1S/C30H52O2/c1-21(2)8-6-9-22(3)26-12-13-27-25-11-10-23-20-24(32-19-7-18-31)14-16-29(23,4)28(25)15-17-30(26,27)5/h10,21-22,24-28,31H,6-9,11-20H2,1-5H3/t22-,24-,25?,26+,27?,28?,29-,30+/m1/s1. The summed E-state index contributed by atoms with van der Waals surface area (Å²) in [6, 6.07) is 0. The monoisotopic (exact) mass is 444 g/mol. The first-order valence-electron chi connectivity index (χ1n) is 14.2. The summed E-state index contributed by atoms with van der Waals surface area (Å²) >= 11 is 0. The molecule has 2 heteroatoms. The number of hydrogen-bond acceptors (Lipinski definition) is 2. The van der Waals surface area contributed by atoms with Crippen LogP contribution < -0.4 is 0 Å². The molecule has 3 saturated carbocycles. The van der Waals surface area contributed by atoms with Gasteiger partial charge in [-0.15, -0.1) is 0 Å². The van der Waals surface area contributed by atoms with Gasteiger partial charge < -0.3 is 9.84 Å². The summed E-state index contributed by atoms with van der Waals surface area (Å²) in [5.41, 5.74) is 2.73. The van der Waals surface area contributed by atoms with Gasteiger partial charge in [0.1, 0.15) is 0 Å². The predicted octanol–water partition coefficient (Wildman–Crippen LogP) is 7.80. The lowest BCUT2D eigenvalue weighted by molar-refractivity contribution is -0.0645. The Morgan fingerprint density at radius 3 is 2.56 bits per heavy atom. The Morgan fingerprint density at radius 1 is 1.00 bits per heavy atom. The van der Waals surface area contributed by atoms with Gasteiger partial charge in [0.25, 0.3) is 0 Å². The third-order valence-corrected chi connectivity index (χ3v) is 10.9. The van der Waals surface area contributed by atoms with Crippen LogP contribution >= 0.6 is 0 Å². The second-order valence-corrected chi connectivity index (χ2v) is 13.1. The molecule has 1 N–H and O–H groups in total. The number of aliphatic hydroxyl groups is 1. The van der Waals surface area contributed by atoms with Crippen molar-refractivity contribution < 1.29 is 9.84 Å². The van der Waals surface area contributed by atoms with Crippen LogP contribution in [0.3, 0.4) is 0 Å². The zero-order valence-electron chi connectivity index (χ0n) is 21.9. The van der Waals surface area contributed by atoms with Crippen LogP contribution in [-0.2, 0) is 4.74 Å². The molecule has 2 nitrogen and oxygen atoms in total. The summed E-state index contributed by atoms with van der Waals surface area (Å²) in [4.78, 5) is 0. The number of allylic oxidation sites excluding steroid dienone is 1. The SMILES string of the molecule is CC(C)CCC[C@@H](C)[C@@H]1CCC2C3CC=C4C[C@H](OCCCO)CC[C@@]4(C)C3CC[C@]21C. The predicted molar refractivity (Wildman–Crippen MR) is 134 cm³/mol. The number of ether oxygens (including phenoxy) is 1. The lowest BCUT2D eigenvalue weighted by Crippen LogP contribution is -2.51. The average molecular weight is 445 g/mol. The molecule has 8 atom stereocenters. The summed E-state index contributed by atoms with van der Waals surface area (Å²) in [5, 5.41) is 9.07. The number of rotatable bonds is 9. The molecule has 0 radical (unpaired) electrons. The van der Waals surface area contributed by atoms with Gasteiger partial charge in [-0.1, -0.05) is 65.5 Å². The highest BCUT2D eigenvalue weighted by Gasteiger charge is 2.59. The minimum absolute atomic E-state index is 0.244. The first-order valence-corrected chi connectivity index (χ1v) is 14.2. The second kappa shape index (κ2) is 10.1. The highest BCUT2D eigenvalue weighted by atomic mass is 16.5. The molecule has 0 bridgehead atoms. The lowest BCUT2D eigenvalue weighted by Gasteiger charge is -2.58. The van der Waals surface area contributed by atoms with Gasteiger partial charge >= 0.3 is 0 Å². The Morgan fingerprint density at radius 2 is 1.81 bits per heavy atom. The van der Waals surface area contributed by atoms with Crippen molar-refractivity contribution in [2.45, 2.75) is 118 Å². The van der Waals surface area contributed by atoms with Gasteiger partial charge in [-0.25, -0.2) is 0 Å². The normalized spacial score (nSPS) is 42.2. The fourth-order valence-corrected chi connectivity index (χ4v) is 9.11. The molecule has 0 amide bonds. The maximum atomic E-state index is 9.07. The Kier molecular flexibility index (Phi) is 7.82. The number of hydrogen-bond donors (Lipinski definition) is 1. The van der Waals surface area contributed by atoms with E-state index in [2.05, 4.69) is 40.7 Å². The average Bonchev–Trinajstić information content (AvgIpc) is 3.11. The molecular weight excluding hydrogens is 392 g/mol. The van der Waals surface area contributed by atoms with Crippen LogP contribution in [0.1, 0.15) is 112 Å². The highest BCUT2D eigenvalue weighted by molar-refractivity contribution is 5.25. The van der Waals surface area contributed by atoms with Crippen LogP contribution in [0.2, 0.25) is 0 Å². The zero-order valence-corrected chi connectivity index (χ0v) is 21.9. The van der Waals surface area contributed by atoms with Crippen LogP contribution in [0.5, 0.6) is 0 Å². The van der Waals surface area contributed by atoms with Gasteiger partial charge in [0.05, 0.1) is 6.10 Å². The fraction of sp³-hybridized carbons (Fsp3) is 0.933. The van der Waals surface area contributed by atoms with Crippen LogP contribution in [-0.4, -0.2) is 24.4 Å². The van der Waals surface area contributed by atoms with Crippen molar-refractivity contribution in [2.75, 3.05) is 13.2 Å². The van der Waals surface area contributed by atoms with Crippen LogP contribution in [0.15, 0.2) is 11.6 Å². The van der Waals surface area contributed by atoms with Gasteiger partial charge in [-0.05, 0) is 104 Å². The minimum atomic E-state index is 0.244. The third-order valence-electron chi connectivity index (χ3n) is 10.9. The van der Waals surface area contributed by atoms with Gasteiger partial charge in [-0.2, -0.15) is 0 Å². The zero-order chi connectivity index (χ0) is 22.9. The smallest absolute Gasteiger partial charge is 0.0612 e. The molecule has 0 spiro atoms. The topological polar surface area (TPSA) is 29.5 Å². The van der Waals surface area contributed by atoms with Crippen LogP contribution in [0.4, 0.5) is 0 Å². The molecule has 0 heterocycles. The molecule has 3 fully saturated rings. The van der Waals surface area contributed by atoms with Crippen molar-refractivity contribution in [1.29, 1.82) is 0 Å². The van der Waals surface area contributed by atoms with Crippen molar-refractivity contribution in [3.63, 3.8) is 0 Å². The van der Waals surface area contributed by atoms with E-state index in [-0.39, 0.29) is 6.61 Å². The van der Waals surface area contributed by atoms with Gasteiger partial charge in [0, 0.05) is 13.2 Å². The quantitative estimate of drug-likeness (QED) is 0.290. The molecule has 4 aliphatic carbocycles. The lowest BCUT2D eigenvalue weighted by atomic mass is 9.47. The summed E-state index contributed by atoms with van der Waals surface area (Å²) in [6.07, 6.45) is 19.0. The molecule has 0 aromatic carbocycles. The van der Waals surface area contributed by atoms with Gasteiger partial charge in [-0.3, -0.25) is 0 Å². The van der Waals surface area contributed by atoms with E-state index in [1.54, 1.807) is 5.57 Å². The minimum Gasteiger partial charge on any atom is -0.396 e. The fourth-order valence-electron chi connectivity index (χ4n) is 9.11. The Labute approximate surface area is 199 Å². The van der Waals surface area contributed by atoms with E-state index in [1.165, 1.54) is 64.2 Å². The molecular formula is C30H52O2. The molecule has 184 valence electrons. The van der Waals surface area contributed by atoms with E-state index in [1.807, 2.05) is 0 Å². The second-order valence-electron chi connectivity index (χ2n) is 13.1. The maximum absolute atomic E-state index is 9.07. The van der Waals surface area contributed by atoms with Crippen molar-refractivity contribution in [3.05, 3.63) is 11.6 Å². The third kappa shape index (κ3) is 4.61. The maximum Gasteiger partial charge on any atom is 0.0612 e. The first kappa shape index (κ1) is 24.8. The van der Waals surface area contributed by atoms with E-state index in [9.17, 15) is 0 Å². The molecule has 0 aromatic rings. The summed E-state index contributed by atoms with van der Waals surface area (Å²) in [7, 11) is 0. The van der Waals surface area contributed by atoms with Crippen molar-refractivity contribution in [1.82, 2.24) is 0 Å². The molecule has 0 aromatic heterocycles. The molecule has 4 aliphatic rings. The van der Waals surface area contributed by atoms with Crippen LogP contribution in [0.25, 0.3) is 0 Å². The van der Waals surface area contributed by atoms with Crippen molar-refractivity contribution >= 4 is 0 Å². The van der Waals surface area contributed by atoms with Gasteiger partial charge in [0.2, 0.25) is 0 Å². The molecule has 3 unspecified atom stereocenters. The number of aliphatic hydroxyl groups excluding tert-OH is 1. The van der Waals surface area contributed by atoms with Gasteiger partial charge in [0.15, 0.2) is 0 Å². The van der Waals surface area contributed by atoms with Crippen molar-refractivity contribution in [3.8, 4) is 0 Å². The van der Waals surface area contributed by atoms with E-state index in [0.29, 0.717) is 23.5 Å². The van der Waals surface area contributed by atoms with E-state index in [4.69, 9.17) is 9.84 Å². The summed E-state index contributed by atoms with van der Waals surface area (Å²) in [5.74, 6) is 5.47. The van der Waals surface area contributed by atoms with E-state index >= 15 is 0 Å². The highest BCUT2D eigenvalue weighted by Crippen LogP contribution is 2.67. The van der Waals surface area contributed by atoms with Crippen molar-refractivity contribution in [2.24, 2.45) is 46.3 Å². The first-order chi connectivity index (χ1) is 15.3. The largest absolute Gasteiger partial charge is 0.396 e. The number of fused-ring (bicyclic) bond motifs is 5. The molecule has 32 heavy (non-hydrogen) atoms. The molecule has 0 aliphatic heterocycles.